The van der Waals surface area contributed by atoms with Crippen molar-refractivity contribution in [3.63, 3.8) is 0 Å². The van der Waals surface area contributed by atoms with E-state index in [-0.39, 0.29) is 0 Å². The zero-order valence-electron chi connectivity index (χ0n) is 10.1. The Balaban J connectivity index is 2.97. The highest BCUT2D eigenvalue weighted by atomic mass is 35.5. The van der Waals surface area contributed by atoms with Crippen molar-refractivity contribution in [1.82, 2.24) is 5.32 Å². The van der Waals surface area contributed by atoms with Crippen LogP contribution >= 0.6 is 11.6 Å². The van der Waals surface area contributed by atoms with Crippen molar-refractivity contribution >= 4 is 23.3 Å². The molecular weight excluding hydrogens is 252 g/mol. The molecule has 0 aliphatic carbocycles. The third-order valence-electron chi connectivity index (χ3n) is 2.70. The predicted molar refractivity (Wildman–Crippen MR) is 68.0 cm³/mol. The number of nitrogens with zero attached hydrogens (tertiary/aromatic N) is 1. The van der Waals surface area contributed by atoms with Gasteiger partial charge >= 0.3 is 0 Å². The van der Waals surface area contributed by atoms with Crippen LogP contribution in [-0.2, 0) is 9.59 Å². The molecule has 5 heteroatoms. The Kier molecular flexibility index (Phi) is 4.87. The zero-order chi connectivity index (χ0) is 13.7. The van der Waals surface area contributed by atoms with Gasteiger partial charge in [-0.3, -0.25) is 9.59 Å². The Bertz CT molecular complexity index is 508. The number of Topliss-reactive ketones (excluding diaryl/α,β-unsaturated/α-hetero) is 1. The van der Waals surface area contributed by atoms with E-state index in [0.29, 0.717) is 10.6 Å². The Morgan fingerprint density at radius 3 is 2.61 bits per heavy atom. The number of nitriles is 1. The molecule has 0 radical (unpaired) electrons. The Hall–Kier alpha value is -1.86. The number of hydrogen-bond donors (Lipinski definition) is 1. The average Bonchev–Trinajstić information content (AvgIpc) is 2.38. The van der Waals surface area contributed by atoms with E-state index in [1.807, 2.05) is 0 Å². The monoisotopic (exact) mass is 264 g/mol. The molecule has 0 unspecified atom stereocenters. The number of nitrogens with one attached hydrogen (secondary N) is 1. The number of hydrogen-bond acceptors (Lipinski definition) is 3. The molecule has 0 aliphatic rings. The second kappa shape index (κ2) is 6.18. The second-order valence-corrected chi connectivity index (χ2v) is 4.29. The molecule has 1 rings (SSSR count). The fraction of sp³-hybridized carbons (Fsp3) is 0.308. The van der Waals surface area contributed by atoms with Gasteiger partial charge in [-0.1, -0.05) is 30.7 Å². The van der Waals surface area contributed by atoms with Crippen LogP contribution in [0.1, 0.15) is 18.4 Å². The molecule has 0 saturated carbocycles. The summed E-state index contributed by atoms with van der Waals surface area (Å²) < 4.78 is 0. The molecule has 0 spiro atoms. The van der Waals surface area contributed by atoms with Gasteiger partial charge in [-0.05, 0) is 17.7 Å². The number of ketones is 1. The van der Waals surface area contributed by atoms with Crippen LogP contribution in [0.15, 0.2) is 24.3 Å². The van der Waals surface area contributed by atoms with Crippen LogP contribution in [-0.4, -0.2) is 18.7 Å². The van der Waals surface area contributed by atoms with Crippen molar-refractivity contribution < 1.29 is 9.59 Å². The van der Waals surface area contributed by atoms with Crippen molar-refractivity contribution in [3.05, 3.63) is 34.9 Å². The van der Waals surface area contributed by atoms with Gasteiger partial charge in [-0.15, -0.1) is 0 Å². The summed E-state index contributed by atoms with van der Waals surface area (Å²) in [6, 6.07) is 8.54. The van der Waals surface area contributed by atoms with Gasteiger partial charge in [0.05, 0.1) is 6.07 Å². The van der Waals surface area contributed by atoms with Crippen LogP contribution in [0.5, 0.6) is 0 Å². The van der Waals surface area contributed by atoms with E-state index in [4.69, 9.17) is 16.9 Å². The maximum absolute atomic E-state index is 12.1. The molecule has 0 fully saturated rings. The van der Waals surface area contributed by atoms with E-state index >= 15 is 0 Å². The lowest BCUT2D eigenvalue weighted by Gasteiger charge is -2.14. The van der Waals surface area contributed by atoms with Gasteiger partial charge in [0, 0.05) is 18.0 Å². The first-order chi connectivity index (χ1) is 8.51. The van der Waals surface area contributed by atoms with Crippen LogP contribution in [0.3, 0.4) is 0 Å². The minimum absolute atomic E-state index is 0.431. The number of halogens is 1. The molecule has 1 amide bonds. The summed E-state index contributed by atoms with van der Waals surface area (Å²) in [4.78, 5) is 23.5. The summed E-state index contributed by atoms with van der Waals surface area (Å²) in [5.41, 5.74) is 0.691. The molecule has 0 bridgehead atoms. The molecule has 1 N–H and O–H groups in total. The second-order valence-electron chi connectivity index (χ2n) is 3.86. The SMILES string of the molecule is CNC(=O)[C@H](C#N)C(=O)[C@@H](C)c1cccc(Cl)c1. The highest BCUT2D eigenvalue weighted by molar-refractivity contribution is 6.30. The topological polar surface area (TPSA) is 70.0 Å². The molecule has 0 aromatic heterocycles. The summed E-state index contributed by atoms with van der Waals surface area (Å²) in [5, 5.41) is 11.7. The van der Waals surface area contributed by atoms with Gasteiger partial charge in [0.15, 0.2) is 11.7 Å². The quantitative estimate of drug-likeness (QED) is 0.845. The first-order valence-electron chi connectivity index (χ1n) is 5.41. The van der Waals surface area contributed by atoms with Crippen LogP contribution in [0.25, 0.3) is 0 Å². The third kappa shape index (κ3) is 3.08. The van der Waals surface area contributed by atoms with Gasteiger partial charge in [0.2, 0.25) is 5.91 Å². The number of carbonyl (C=O) groups is 2. The van der Waals surface area contributed by atoms with Crippen LogP contribution in [0.4, 0.5) is 0 Å². The van der Waals surface area contributed by atoms with E-state index in [1.165, 1.54) is 7.05 Å². The lowest BCUT2D eigenvalue weighted by atomic mass is 9.89. The Morgan fingerprint density at radius 1 is 1.44 bits per heavy atom. The molecule has 1 aromatic rings. The van der Waals surface area contributed by atoms with Crippen LogP contribution in [0, 0.1) is 17.2 Å². The van der Waals surface area contributed by atoms with E-state index < -0.39 is 23.5 Å². The molecular formula is C13H13ClN2O2. The summed E-state index contributed by atoms with van der Waals surface area (Å²) >= 11 is 5.84. The maximum atomic E-state index is 12.1. The Morgan fingerprint density at radius 2 is 2.11 bits per heavy atom. The van der Waals surface area contributed by atoms with Crippen LogP contribution in [0.2, 0.25) is 5.02 Å². The van der Waals surface area contributed by atoms with Crippen molar-refractivity contribution in [2.24, 2.45) is 5.92 Å². The average molecular weight is 265 g/mol. The summed E-state index contributed by atoms with van der Waals surface area (Å²) in [6.07, 6.45) is 0. The number of benzene rings is 1. The van der Waals surface area contributed by atoms with Crippen molar-refractivity contribution in [2.45, 2.75) is 12.8 Å². The highest BCUT2D eigenvalue weighted by Gasteiger charge is 2.30. The van der Waals surface area contributed by atoms with E-state index in [9.17, 15) is 9.59 Å². The minimum Gasteiger partial charge on any atom is -0.358 e. The fourth-order valence-corrected chi connectivity index (χ4v) is 1.78. The molecule has 0 aliphatic heterocycles. The fourth-order valence-electron chi connectivity index (χ4n) is 1.59. The van der Waals surface area contributed by atoms with E-state index in [1.54, 1.807) is 37.3 Å². The van der Waals surface area contributed by atoms with Gasteiger partial charge in [-0.25, -0.2) is 0 Å². The normalized spacial score (nSPS) is 13.2. The van der Waals surface area contributed by atoms with Crippen molar-refractivity contribution in [3.8, 4) is 6.07 Å². The lowest BCUT2D eigenvalue weighted by Crippen LogP contribution is -2.34. The standard InChI is InChI=1S/C13H13ClN2O2/c1-8(9-4-3-5-10(14)6-9)12(17)11(7-15)13(18)16-2/h3-6,8,11H,1-2H3,(H,16,18)/t8-,11+/m0/s1. The van der Waals surface area contributed by atoms with Gasteiger partial charge in [0.25, 0.3) is 0 Å². The summed E-state index contributed by atoms with van der Waals surface area (Å²) in [7, 11) is 1.39. The van der Waals surface area contributed by atoms with Gasteiger partial charge in [0.1, 0.15) is 0 Å². The van der Waals surface area contributed by atoms with Gasteiger partial charge < -0.3 is 5.32 Å². The van der Waals surface area contributed by atoms with Crippen molar-refractivity contribution in [1.29, 1.82) is 5.26 Å². The van der Waals surface area contributed by atoms with Crippen LogP contribution < -0.4 is 5.32 Å². The molecule has 18 heavy (non-hydrogen) atoms. The molecule has 1 aromatic carbocycles. The zero-order valence-corrected chi connectivity index (χ0v) is 10.9. The maximum Gasteiger partial charge on any atom is 0.244 e. The lowest BCUT2D eigenvalue weighted by molar-refractivity contribution is -0.132. The van der Waals surface area contributed by atoms with Crippen molar-refractivity contribution in [2.75, 3.05) is 7.05 Å². The molecule has 4 nitrogen and oxygen atoms in total. The minimum atomic E-state index is -1.29. The summed E-state index contributed by atoms with van der Waals surface area (Å²) in [5.74, 6) is -2.86. The number of rotatable bonds is 4. The Labute approximate surface area is 111 Å². The number of carbonyl (C=O) groups excluding carboxylic acids is 2. The molecule has 2 atom stereocenters. The molecule has 0 saturated heterocycles. The number of amides is 1. The molecule has 94 valence electrons. The third-order valence-corrected chi connectivity index (χ3v) is 2.93. The smallest absolute Gasteiger partial charge is 0.244 e. The van der Waals surface area contributed by atoms with Gasteiger partial charge in [-0.2, -0.15) is 5.26 Å². The highest BCUT2D eigenvalue weighted by Crippen LogP contribution is 2.22. The predicted octanol–water partition coefficient (Wildman–Crippen LogP) is 1.90. The molecule has 0 heterocycles. The first kappa shape index (κ1) is 14.2. The first-order valence-corrected chi connectivity index (χ1v) is 5.79. The largest absolute Gasteiger partial charge is 0.358 e. The summed E-state index contributed by atoms with van der Waals surface area (Å²) in [6.45, 7) is 1.65. The van der Waals surface area contributed by atoms with E-state index in [0.717, 1.165) is 0 Å². The van der Waals surface area contributed by atoms with E-state index in [2.05, 4.69) is 5.32 Å².